The van der Waals surface area contributed by atoms with Crippen molar-refractivity contribution >= 4 is 0 Å². The van der Waals surface area contributed by atoms with Gasteiger partial charge in [-0.15, -0.1) is 5.10 Å². The van der Waals surface area contributed by atoms with Crippen molar-refractivity contribution in [2.24, 2.45) is 0 Å². The van der Waals surface area contributed by atoms with Crippen LogP contribution in [-0.4, -0.2) is 20.4 Å². The number of pyridine rings is 1. The number of H-pyrrole nitrogens is 1. The van der Waals surface area contributed by atoms with Gasteiger partial charge in [-0.3, -0.25) is 10.1 Å². The van der Waals surface area contributed by atoms with Crippen molar-refractivity contribution < 1.29 is 0 Å². The summed E-state index contributed by atoms with van der Waals surface area (Å²) in [6.45, 7) is 0. The first kappa shape index (κ1) is 7.67. The molecule has 70 valence electrons. The monoisotopic (exact) mass is 186 g/mol. The van der Waals surface area contributed by atoms with Gasteiger partial charge < -0.3 is 0 Å². The van der Waals surface area contributed by atoms with E-state index in [2.05, 4.69) is 26.5 Å². The second kappa shape index (κ2) is 2.90. The summed E-state index contributed by atoms with van der Waals surface area (Å²) in [7, 11) is 0. The fourth-order valence-corrected chi connectivity index (χ4v) is 1.58. The van der Waals surface area contributed by atoms with Crippen molar-refractivity contribution in [3.05, 3.63) is 30.2 Å². The van der Waals surface area contributed by atoms with E-state index in [4.69, 9.17) is 0 Å². The van der Waals surface area contributed by atoms with Crippen LogP contribution < -0.4 is 0 Å². The van der Waals surface area contributed by atoms with Crippen molar-refractivity contribution in [3.8, 4) is 11.3 Å². The van der Waals surface area contributed by atoms with E-state index in [9.17, 15) is 0 Å². The van der Waals surface area contributed by atoms with Crippen LogP contribution in [0, 0.1) is 0 Å². The van der Waals surface area contributed by atoms with Gasteiger partial charge in [0.15, 0.2) is 0 Å². The molecule has 0 amide bonds. The normalized spacial score (nSPS) is 15.7. The Kier molecular flexibility index (Phi) is 1.59. The van der Waals surface area contributed by atoms with E-state index < -0.39 is 0 Å². The number of hydrogen-bond acceptors (Lipinski definition) is 3. The smallest absolute Gasteiger partial charge is 0.114 e. The molecular formula is C10H10N4. The van der Waals surface area contributed by atoms with E-state index in [1.807, 2.05) is 12.4 Å². The summed E-state index contributed by atoms with van der Waals surface area (Å²) in [5.74, 6) is 0.731. The van der Waals surface area contributed by atoms with Crippen LogP contribution >= 0.6 is 0 Å². The molecule has 14 heavy (non-hydrogen) atoms. The SMILES string of the molecule is c1ncc(C2CC2)cc1-c1c[nH]nn1. The Balaban J connectivity index is 2.02. The molecule has 1 fully saturated rings. The highest BCUT2D eigenvalue weighted by Crippen LogP contribution is 2.40. The third-order valence-electron chi connectivity index (χ3n) is 2.52. The lowest BCUT2D eigenvalue weighted by molar-refractivity contribution is 0.941. The molecule has 4 heteroatoms. The maximum Gasteiger partial charge on any atom is 0.114 e. The summed E-state index contributed by atoms with van der Waals surface area (Å²) in [6, 6.07) is 2.16. The first-order valence-corrected chi connectivity index (χ1v) is 4.75. The Labute approximate surface area is 81.4 Å². The minimum Gasteiger partial charge on any atom is -0.265 e. The molecule has 0 aromatic carbocycles. The molecule has 0 bridgehead atoms. The molecule has 1 aliphatic rings. The average molecular weight is 186 g/mol. The lowest BCUT2D eigenvalue weighted by Crippen LogP contribution is -1.85. The average Bonchev–Trinajstić information content (AvgIpc) is 2.94. The first-order chi connectivity index (χ1) is 6.93. The van der Waals surface area contributed by atoms with Gasteiger partial charge in [-0.2, -0.15) is 0 Å². The summed E-state index contributed by atoms with van der Waals surface area (Å²) in [5.41, 5.74) is 3.23. The van der Waals surface area contributed by atoms with Crippen LogP contribution in [-0.2, 0) is 0 Å². The Morgan fingerprint density at radius 2 is 2.21 bits per heavy atom. The highest BCUT2D eigenvalue weighted by Gasteiger charge is 2.24. The minimum atomic E-state index is 0.731. The molecule has 2 aromatic heterocycles. The Morgan fingerprint density at radius 3 is 2.93 bits per heavy atom. The topological polar surface area (TPSA) is 54.5 Å². The molecule has 1 saturated carbocycles. The third kappa shape index (κ3) is 1.28. The Hall–Kier alpha value is -1.71. The minimum absolute atomic E-state index is 0.731. The summed E-state index contributed by atoms with van der Waals surface area (Å²) >= 11 is 0. The molecule has 0 atom stereocenters. The van der Waals surface area contributed by atoms with Gasteiger partial charge in [0, 0.05) is 18.0 Å². The fourth-order valence-electron chi connectivity index (χ4n) is 1.58. The lowest BCUT2D eigenvalue weighted by atomic mass is 10.1. The van der Waals surface area contributed by atoms with Crippen molar-refractivity contribution in [1.82, 2.24) is 20.4 Å². The van der Waals surface area contributed by atoms with Gasteiger partial charge in [0.1, 0.15) is 5.69 Å². The van der Waals surface area contributed by atoms with Gasteiger partial charge in [0.05, 0.1) is 6.20 Å². The zero-order valence-electron chi connectivity index (χ0n) is 7.64. The molecule has 2 aromatic rings. The van der Waals surface area contributed by atoms with Gasteiger partial charge in [-0.25, -0.2) is 0 Å². The highest BCUT2D eigenvalue weighted by molar-refractivity contribution is 5.57. The number of nitrogens with zero attached hydrogens (tertiary/aromatic N) is 3. The van der Waals surface area contributed by atoms with E-state index in [1.165, 1.54) is 18.4 Å². The quantitative estimate of drug-likeness (QED) is 0.777. The van der Waals surface area contributed by atoms with E-state index in [1.54, 1.807) is 6.20 Å². The van der Waals surface area contributed by atoms with E-state index in [0.717, 1.165) is 17.2 Å². The van der Waals surface area contributed by atoms with Crippen LogP contribution in [0.25, 0.3) is 11.3 Å². The van der Waals surface area contributed by atoms with Gasteiger partial charge >= 0.3 is 0 Å². The standard InChI is InChI=1S/C10H10N4/c1-2-7(1)8-3-9(5-11-4-8)10-6-12-14-13-10/h3-7H,1-2H2,(H,12,13,14). The first-order valence-electron chi connectivity index (χ1n) is 4.75. The largest absolute Gasteiger partial charge is 0.265 e. The van der Waals surface area contributed by atoms with E-state index in [-0.39, 0.29) is 0 Å². The Morgan fingerprint density at radius 1 is 1.29 bits per heavy atom. The van der Waals surface area contributed by atoms with Crippen LogP contribution in [0.1, 0.15) is 24.3 Å². The highest BCUT2D eigenvalue weighted by atomic mass is 15.3. The molecular weight excluding hydrogens is 176 g/mol. The molecule has 0 unspecified atom stereocenters. The molecule has 2 heterocycles. The van der Waals surface area contributed by atoms with Gasteiger partial charge in [0.2, 0.25) is 0 Å². The summed E-state index contributed by atoms with van der Waals surface area (Å²) in [5, 5.41) is 10.4. The van der Waals surface area contributed by atoms with E-state index >= 15 is 0 Å². The van der Waals surface area contributed by atoms with Crippen molar-refractivity contribution in [3.63, 3.8) is 0 Å². The second-order valence-corrected chi connectivity index (χ2v) is 3.64. The van der Waals surface area contributed by atoms with Crippen molar-refractivity contribution in [2.45, 2.75) is 18.8 Å². The number of rotatable bonds is 2. The molecule has 4 nitrogen and oxygen atoms in total. The number of nitrogens with one attached hydrogen (secondary N) is 1. The molecule has 1 N–H and O–H groups in total. The Bertz CT molecular complexity index is 431. The van der Waals surface area contributed by atoms with Gasteiger partial charge in [-0.05, 0) is 30.4 Å². The molecule has 0 radical (unpaired) electrons. The number of aromatic amines is 1. The molecule has 0 aliphatic heterocycles. The van der Waals surface area contributed by atoms with Gasteiger partial charge in [-0.1, -0.05) is 5.21 Å². The molecule has 3 rings (SSSR count). The summed E-state index contributed by atoms with van der Waals surface area (Å²) in [4.78, 5) is 4.22. The maximum absolute atomic E-state index is 4.22. The van der Waals surface area contributed by atoms with Crippen LogP contribution in [0.4, 0.5) is 0 Å². The zero-order chi connectivity index (χ0) is 9.38. The zero-order valence-corrected chi connectivity index (χ0v) is 7.64. The van der Waals surface area contributed by atoms with Crippen LogP contribution in [0.15, 0.2) is 24.7 Å². The summed E-state index contributed by atoms with van der Waals surface area (Å²) in [6.07, 6.45) is 8.15. The predicted molar refractivity (Wildman–Crippen MR) is 51.6 cm³/mol. The summed E-state index contributed by atoms with van der Waals surface area (Å²) < 4.78 is 0. The maximum atomic E-state index is 4.22. The fraction of sp³-hybridized carbons (Fsp3) is 0.300. The van der Waals surface area contributed by atoms with Crippen molar-refractivity contribution in [2.75, 3.05) is 0 Å². The van der Waals surface area contributed by atoms with Crippen LogP contribution in [0.5, 0.6) is 0 Å². The van der Waals surface area contributed by atoms with E-state index in [0.29, 0.717) is 0 Å². The number of aromatic nitrogens is 4. The second-order valence-electron chi connectivity index (χ2n) is 3.64. The molecule has 0 saturated heterocycles. The third-order valence-corrected chi connectivity index (χ3v) is 2.52. The molecule has 0 spiro atoms. The van der Waals surface area contributed by atoms with Gasteiger partial charge in [0.25, 0.3) is 0 Å². The number of hydrogen-bond donors (Lipinski definition) is 1. The van der Waals surface area contributed by atoms with Crippen LogP contribution in [0.3, 0.4) is 0 Å². The van der Waals surface area contributed by atoms with Crippen molar-refractivity contribution in [1.29, 1.82) is 0 Å². The molecule has 1 aliphatic carbocycles. The predicted octanol–water partition coefficient (Wildman–Crippen LogP) is 1.74. The lowest BCUT2D eigenvalue weighted by Gasteiger charge is -1.99. The van der Waals surface area contributed by atoms with Crippen LogP contribution in [0.2, 0.25) is 0 Å².